The van der Waals surface area contributed by atoms with E-state index in [1.54, 1.807) is 19.2 Å². The van der Waals surface area contributed by atoms with Crippen LogP contribution < -0.4 is 0 Å². The molecule has 0 aliphatic rings. The molecule has 0 N–H and O–H groups in total. The third kappa shape index (κ3) is 4.76. The van der Waals surface area contributed by atoms with E-state index >= 15 is 0 Å². The molecule has 0 fully saturated rings. The monoisotopic (exact) mass is 293 g/mol. The first-order chi connectivity index (χ1) is 8.04. The average molecular weight is 294 g/mol. The van der Waals surface area contributed by atoms with E-state index in [1.807, 2.05) is 6.07 Å². The van der Waals surface area contributed by atoms with Crippen LogP contribution in [0.2, 0.25) is 10.0 Å². The quantitative estimate of drug-likeness (QED) is 0.781. The van der Waals surface area contributed by atoms with Gasteiger partial charge in [-0.15, -0.1) is 11.8 Å². The van der Waals surface area contributed by atoms with E-state index in [-0.39, 0.29) is 5.91 Å². The molecule has 1 aromatic carbocycles. The van der Waals surface area contributed by atoms with E-state index in [0.29, 0.717) is 21.6 Å². The van der Waals surface area contributed by atoms with Gasteiger partial charge in [-0.1, -0.05) is 29.3 Å². The first kappa shape index (κ1) is 14.6. The van der Waals surface area contributed by atoms with Gasteiger partial charge in [0.1, 0.15) is 0 Å². The third-order valence-electron chi connectivity index (χ3n) is 2.12. The van der Waals surface area contributed by atoms with Crippen LogP contribution in [0.5, 0.6) is 0 Å². The molecule has 1 rings (SSSR count). The Hall–Kier alpha value is -0.420. The first-order valence-electron chi connectivity index (χ1n) is 4.87. The van der Waals surface area contributed by atoms with Gasteiger partial charge in [-0.05, 0) is 17.7 Å². The smallest absolute Gasteiger partial charge is 0.255 e. The summed E-state index contributed by atoms with van der Waals surface area (Å²) in [6.07, 6.45) is 0. The van der Waals surface area contributed by atoms with E-state index in [1.165, 1.54) is 23.9 Å². The minimum absolute atomic E-state index is 0.0809. The van der Waals surface area contributed by atoms with Gasteiger partial charge in [-0.2, -0.15) is 0 Å². The molecule has 0 atom stereocenters. The fourth-order valence-corrected chi connectivity index (χ4v) is 2.56. The summed E-state index contributed by atoms with van der Waals surface area (Å²) in [4.78, 5) is 16.2. The fraction of sp³-hybridized carbons (Fsp3) is 0.364. The Kier molecular flexibility index (Phi) is 6.12. The SMILES string of the molecule is CON(C)C(=O)CSCc1ccc(Cl)cc1Cl. The van der Waals surface area contributed by atoms with Crippen LogP contribution in [0.25, 0.3) is 0 Å². The summed E-state index contributed by atoms with van der Waals surface area (Å²) in [5.41, 5.74) is 0.967. The maximum Gasteiger partial charge on any atom is 0.255 e. The van der Waals surface area contributed by atoms with Crippen molar-refractivity contribution in [3.63, 3.8) is 0 Å². The number of thioether (sulfide) groups is 1. The largest absolute Gasteiger partial charge is 0.275 e. The lowest BCUT2D eigenvalue weighted by molar-refractivity contribution is -0.165. The van der Waals surface area contributed by atoms with Gasteiger partial charge < -0.3 is 0 Å². The van der Waals surface area contributed by atoms with E-state index < -0.39 is 0 Å². The Morgan fingerprint density at radius 2 is 2.18 bits per heavy atom. The molecular weight excluding hydrogens is 281 g/mol. The van der Waals surface area contributed by atoms with Crippen LogP contribution in [0.15, 0.2) is 18.2 Å². The van der Waals surface area contributed by atoms with Gasteiger partial charge in [-0.25, -0.2) is 5.06 Å². The Bertz CT molecular complexity index is 401. The number of benzene rings is 1. The first-order valence-corrected chi connectivity index (χ1v) is 6.78. The topological polar surface area (TPSA) is 29.5 Å². The number of hydroxylamine groups is 2. The molecule has 0 aliphatic carbocycles. The van der Waals surface area contributed by atoms with Gasteiger partial charge in [0, 0.05) is 22.8 Å². The molecule has 1 aromatic rings. The maximum atomic E-state index is 11.4. The lowest BCUT2D eigenvalue weighted by Gasteiger charge is -2.13. The number of carbonyl (C=O) groups excluding carboxylic acids is 1. The summed E-state index contributed by atoms with van der Waals surface area (Å²) in [6, 6.07) is 5.34. The zero-order valence-corrected chi connectivity index (χ0v) is 11.9. The minimum Gasteiger partial charge on any atom is -0.275 e. The van der Waals surface area contributed by atoms with E-state index in [4.69, 9.17) is 28.0 Å². The molecule has 0 unspecified atom stereocenters. The Balaban J connectivity index is 2.43. The van der Waals surface area contributed by atoms with Gasteiger partial charge in [0.05, 0.1) is 12.9 Å². The van der Waals surface area contributed by atoms with Gasteiger partial charge in [0.2, 0.25) is 0 Å². The standard InChI is InChI=1S/C11H13Cl2NO2S/c1-14(16-2)11(15)7-17-6-8-3-4-9(12)5-10(8)13/h3-5H,6-7H2,1-2H3. The normalized spacial score (nSPS) is 10.4. The highest BCUT2D eigenvalue weighted by atomic mass is 35.5. The molecular formula is C11H13Cl2NO2S. The highest BCUT2D eigenvalue weighted by Gasteiger charge is 2.08. The van der Waals surface area contributed by atoms with Gasteiger partial charge in [0.25, 0.3) is 5.91 Å². The van der Waals surface area contributed by atoms with Crippen molar-refractivity contribution in [3.05, 3.63) is 33.8 Å². The van der Waals surface area contributed by atoms with Crippen molar-refractivity contribution in [2.75, 3.05) is 19.9 Å². The van der Waals surface area contributed by atoms with Crippen LogP contribution in [-0.4, -0.2) is 30.9 Å². The number of amides is 1. The van der Waals surface area contributed by atoms with Crippen molar-refractivity contribution in [1.29, 1.82) is 0 Å². The van der Waals surface area contributed by atoms with Crippen LogP contribution in [0.3, 0.4) is 0 Å². The van der Waals surface area contributed by atoms with Crippen LogP contribution in [0.1, 0.15) is 5.56 Å². The van der Waals surface area contributed by atoms with Crippen LogP contribution in [0, 0.1) is 0 Å². The maximum absolute atomic E-state index is 11.4. The summed E-state index contributed by atoms with van der Waals surface area (Å²) >= 11 is 13.3. The second-order valence-corrected chi connectivity index (χ2v) is 5.13. The molecule has 0 aliphatic heterocycles. The van der Waals surface area contributed by atoms with Crippen LogP contribution in [-0.2, 0) is 15.4 Å². The van der Waals surface area contributed by atoms with Gasteiger partial charge in [0.15, 0.2) is 0 Å². The third-order valence-corrected chi connectivity index (χ3v) is 3.68. The van der Waals surface area contributed by atoms with Crippen molar-refractivity contribution in [1.82, 2.24) is 5.06 Å². The molecule has 17 heavy (non-hydrogen) atoms. The number of rotatable bonds is 5. The van der Waals surface area contributed by atoms with E-state index in [2.05, 4.69) is 0 Å². The lowest BCUT2D eigenvalue weighted by Crippen LogP contribution is -2.27. The number of halogens is 2. The molecule has 6 heteroatoms. The molecule has 0 radical (unpaired) electrons. The summed E-state index contributed by atoms with van der Waals surface area (Å²) in [5.74, 6) is 0.936. The zero-order valence-electron chi connectivity index (χ0n) is 9.57. The minimum atomic E-state index is -0.0809. The predicted molar refractivity (Wildman–Crippen MR) is 72.4 cm³/mol. The molecule has 0 saturated heterocycles. The molecule has 0 saturated carbocycles. The number of nitrogens with zero attached hydrogens (tertiary/aromatic N) is 1. The summed E-state index contributed by atoms with van der Waals surface area (Å²) in [7, 11) is 3.04. The van der Waals surface area contributed by atoms with Crippen molar-refractivity contribution >= 4 is 40.9 Å². The molecule has 0 aromatic heterocycles. The highest BCUT2D eigenvalue weighted by molar-refractivity contribution is 7.99. The predicted octanol–water partition coefficient (Wildman–Crippen LogP) is 3.25. The molecule has 0 bridgehead atoms. The number of hydrogen-bond acceptors (Lipinski definition) is 3. The zero-order chi connectivity index (χ0) is 12.8. The van der Waals surface area contributed by atoms with Crippen molar-refractivity contribution in [3.8, 4) is 0 Å². The van der Waals surface area contributed by atoms with Crippen LogP contribution >= 0.6 is 35.0 Å². The van der Waals surface area contributed by atoms with Gasteiger partial charge >= 0.3 is 0 Å². The second-order valence-electron chi connectivity index (χ2n) is 3.30. The summed E-state index contributed by atoms with van der Waals surface area (Å²) < 4.78 is 0. The van der Waals surface area contributed by atoms with Crippen molar-refractivity contribution in [2.45, 2.75) is 5.75 Å². The van der Waals surface area contributed by atoms with E-state index in [0.717, 1.165) is 5.56 Å². The van der Waals surface area contributed by atoms with Crippen LogP contribution in [0.4, 0.5) is 0 Å². The summed E-state index contributed by atoms with van der Waals surface area (Å²) in [6.45, 7) is 0. The molecule has 3 nitrogen and oxygen atoms in total. The van der Waals surface area contributed by atoms with E-state index in [9.17, 15) is 4.79 Å². The van der Waals surface area contributed by atoms with Gasteiger partial charge in [-0.3, -0.25) is 9.63 Å². The highest BCUT2D eigenvalue weighted by Crippen LogP contribution is 2.24. The lowest BCUT2D eigenvalue weighted by atomic mass is 10.2. The number of hydrogen-bond donors (Lipinski definition) is 0. The fourth-order valence-electron chi connectivity index (χ4n) is 1.08. The Labute approximate surface area is 115 Å². The Morgan fingerprint density at radius 1 is 1.47 bits per heavy atom. The van der Waals surface area contributed by atoms with Crippen molar-refractivity contribution < 1.29 is 9.63 Å². The molecule has 1 amide bonds. The molecule has 0 heterocycles. The van der Waals surface area contributed by atoms with Crippen molar-refractivity contribution in [2.24, 2.45) is 0 Å². The number of carbonyl (C=O) groups is 1. The molecule has 0 spiro atoms. The second kappa shape index (κ2) is 7.11. The summed E-state index contributed by atoms with van der Waals surface area (Å²) in [5, 5.41) is 2.44. The average Bonchev–Trinajstić information content (AvgIpc) is 2.30. The Morgan fingerprint density at radius 3 is 2.76 bits per heavy atom. The molecule has 94 valence electrons.